The molecule has 3 fully saturated rings. The third-order valence-electron chi connectivity index (χ3n) is 6.87. The van der Waals surface area contributed by atoms with Crippen molar-refractivity contribution >= 4 is 23.6 Å². The molecule has 8 N–H and O–H groups in total. The second-order valence-corrected chi connectivity index (χ2v) is 8.78. The van der Waals surface area contributed by atoms with Gasteiger partial charge in [0.15, 0.2) is 11.7 Å². The molecule has 0 aromatic carbocycles. The molecule has 10 heteroatoms. The Kier molecular flexibility index (Phi) is 6.97. The molecule has 1 aliphatic carbocycles. The smallest absolute Gasteiger partial charge is 0.337 e. The highest BCUT2D eigenvalue weighted by atomic mass is 16.4. The number of carbonyl (C=O) groups is 3. The van der Waals surface area contributed by atoms with Gasteiger partial charge in [0.05, 0.1) is 12.1 Å². The van der Waals surface area contributed by atoms with Crippen LogP contribution in [0.2, 0.25) is 0 Å². The molecule has 3 unspecified atom stereocenters. The Balaban J connectivity index is 1.72. The number of carboxylic acid groups (broad SMARTS) is 1. The highest BCUT2D eigenvalue weighted by molar-refractivity contribution is 6.13. The standard InChI is InChI=1S/C20H34N6O4/c21-13(6-3-9-24-19(22)23)16(27)20(18(29)30)8-4-10-26(20)17(28)15-11-12-5-1-2-7-14(12)25-15/h12-15,25H,1-11,21H2,(H,29,30)(H4,22,23,24)/t12?,13-,14?,15?,20+/m1/s1. The minimum absolute atomic E-state index is 0.0471. The second kappa shape index (κ2) is 9.30. The zero-order valence-corrected chi connectivity index (χ0v) is 17.4. The molecule has 3 aliphatic rings. The molecule has 10 nitrogen and oxygen atoms in total. The number of ketones is 1. The zero-order valence-electron chi connectivity index (χ0n) is 17.4. The number of fused-ring (bicyclic) bond motifs is 1. The third-order valence-corrected chi connectivity index (χ3v) is 6.87. The number of Topliss-reactive ketones (excluding diaryl/α,β-unsaturated/α-hetero) is 1. The van der Waals surface area contributed by atoms with Gasteiger partial charge in [-0.1, -0.05) is 12.8 Å². The van der Waals surface area contributed by atoms with Crippen LogP contribution in [0.25, 0.3) is 0 Å². The van der Waals surface area contributed by atoms with Crippen molar-refractivity contribution < 1.29 is 19.5 Å². The summed E-state index contributed by atoms with van der Waals surface area (Å²) >= 11 is 0. The number of nitrogens with one attached hydrogen (secondary N) is 1. The SMILES string of the molecule is NC(N)=NCCC[C@@H](N)C(=O)[C@]1(C(=O)O)CCCN1C(=O)C1CC2CCCCC2N1. The predicted molar refractivity (Wildman–Crippen MR) is 111 cm³/mol. The lowest BCUT2D eigenvalue weighted by Crippen LogP contribution is -2.64. The maximum absolute atomic E-state index is 13.3. The zero-order chi connectivity index (χ0) is 21.9. The van der Waals surface area contributed by atoms with Gasteiger partial charge in [0, 0.05) is 19.1 Å². The van der Waals surface area contributed by atoms with Gasteiger partial charge in [-0.15, -0.1) is 0 Å². The van der Waals surface area contributed by atoms with E-state index in [9.17, 15) is 19.5 Å². The van der Waals surface area contributed by atoms with Crippen LogP contribution in [0.1, 0.15) is 57.8 Å². The minimum atomic E-state index is -1.89. The van der Waals surface area contributed by atoms with Crippen LogP contribution < -0.4 is 22.5 Å². The molecular weight excluding hydrogens is 388 g/mol. The Morgan fingerprint density at radius 2 is 1.93 bits per heavy atom. The summed E-state index contributed by atoms with van der Waals surface area (Å²) < 4.78 is 0. The molecule has 2 aliphatic heterocycles. The first-order valence-electron chi connectivity index (χ1n) is 10.9. The van der Waals surface area contributed by atoms with Crippen LogP contribution in [0.4, 0.5) is 0 Å². The number of guanidine groups is 1. The van der Waals surface area contributed by atoms with Crippen molar-refractivity contribution in [3.63, 3.8) is 0 Å². The highest BCUT2D eigenvalue weighted by Gasteiger charge is 2.58. The molecule has 0 spiro atoms. The number of carbonyl (C=O) groups excluding carboxylic acids is 2. The van der Waals surface area contributed by atoms with E-state index >= 15 is 0 Å². The van der Waals surface area contributed by atoms with Crippen molar-refractivity contribution in [3.05, 3.63) is 0 Å². The number of hydrogen-bond acceptors (Lipinski definition) is 6. The fraction of sp³-hybridized carbons (Fsp3) is 0.800. The lowest BCUT2D eigenvalue weighted by Gasteiger charge is -2.36. The summed E-state index contributed by atoms with van der Waals surface area (Å²) in [4.78, 5) is 44.0. The fourth-order valence-corrected chi connectivity index (χ4v) is 5.36. The molecule has 2 heterocycles. The molecule has 1 saturated carbocycles. The Bertz CT molecular complexity index is 695. The summed E-state index contributed by atoms with van der Waals surface area (Å²) in [5.74, 6) is -1.79. The van der Waals surface area contributed by atoms with E-state index < -0.39 is 29.4 Å². The van der Waals surface area contributed by atoms with Gasteiger partial charge in [-0.25, -0.2) is 4.79 Å². The van der Waals surface area contributed by atoms with Crippen molar-refractivity contribution in [3.8, 4) is 0 Å². The molecule has 168 valence electrons. The van der Waals surface area contributed by atoms with Crippen LogP contribution in [0.15, 0.2) is 4.99 Å². The van der Waals surface area contributed by atoms with Crippen LogP contribution in [-0.2, 0) is 14.4 Å². The van der Waals surface area contributed by atoms with E-state index in [2.05, 4.69) is 10.3 Å². The van der Waals surface area contributed by atoms with Gasteiger partial charge in [-0.2, -0.15) is 0 Å². The molecule has 0 radical (unpaired) electrons. The summed E-state index contributed by atoms with van der Waals surface area (Å²) in [5.41, 5.74) is 14.8. The van der Waals surface area contributed by atoms with Gasteiger partial charge >= 0.3 is 5.97 Å². The van der Waals surface area contributed by atoms with E-state index in [1.165, 1.54) is 11.3 Å². The summed E-state index contributed by atoms with van der Waals surface area (Å²) in [5, 5.41) is 13.5. The lowest BCUT2D eigenvalue weighted by molar-refractivity contribution is -0.163. The van der Waals surface area contributed by atoms with Crippen molar-refractivity contribution in [1.29, 1.82) is 0 Å². The summed E-state index contributed by atoms with van der Waals surface area (Å²) in [6.07, 6.45) is 6.39. The molecule has 5 atom stereocenters. The average molecular weight is 423 g/mol. The average Bonchev–Trinajstić information content (AvgIpc) is 3.34. The van der Waals surface area contributed by atoms with Gasteiger partial charge in [-0.3, -0.25) is 14.6 Å². The Morgan fingerprint density at radius 3 is 2.60 bits per heavy atom. The number of rotatable bonds is 8. The van der Waals surface area contributed by atoms with Gasteiger partial charge in [0.1, 0.15) is 0 Å². The maximum atomic E-state index is 13.3. The number of nitrogens with two attached hydrogens (primary N) is 3. The first-order valence-corrected chi connectivity index (χ1v) is 10.9. The van der Waals surface area contributed by atoms with E-state index in [0.717, 1.165) is 19.3 Å². The topological polar surface area (TPSA) is 177 Å². The first-order chi connectivity index (χ1) is 14.3. The normalized spacial score (nSPS) is 31.8. The Hall–Kier alpha value is -2.20. The molecule has 0 aromatic heterocycles. The van der Waals surface area contributed by atoms with Crippen molar-refractivity contribution in [2.75, 3.05) is 13.1 Å². The second-order valence-electron chi connectivity index (χ2n) is 8.78. The molecule has 2 saturated heterocycles. The summed E-state index contributed by atoms with van der Waals surface area (Å²) in [6, 6.07) is -1.12. The van der Waals surface area contributed by atoms with Crippen molar-refractivity contribution in [2.24, 2.45) is 28.1 Å². The number of hydrogen-bond donors (Lipinski definition) is 5. The first kappa shape index (κ1) is 22.5. The monoisotopic (exact) mass is 422 g/mol. The summed E-state index contributed by atoms with van der Waals surface area (Å²) in [7, 11) is 0. The number of nitrogens with zero attached hydrogens (tertiary/aromatic N) is 2. The largest absolute Gasteiger partial charge is 0.479 e. The van der Waals surface area contributed by atoms with Gasteiger partial charge in [0.25, 0.3) is 0 Å². The fourth-order valence-electron chi connectivity index (χ4n) is 5.36. The van der Waals surface area contributed by atoms with Crippen LogP contribution in [0.3, 0.4) is 0 Å². The molecular formula is C20H34N6O4. The molecule has 3 rings (SSSR count). The lowest BCUT2D eigenvalue weighted by atomic mass is 9.84. The summed E-state index contributed by atoms with van der Waals surface area (Å²) in [6.45, 7) is 0.561. The highest BCUT2D eigenvalue weighted by Crippen LogP contribution is 2.37. The number of likely N-dealkylation sites (tertiary alicyclic amines) is 1. The molecule has 30 heavy (non-hydrogen) atoms. The van der Waals surface area contributed by atoms with Crippen LogP contribution >= 0.6 is 0 Å². The number of amides is 1. The van der Waals surface area contributed by atoms with Crippen LogP contribution in [-0.4, -0.2) is 70.4 Å². The molecule has 1 amide bonds. The minimum Gasteiger partial charge on any atom is -0.479 e. The predicted octanol–water partition coefficient (Wildman–Crippen LogP) is -0.697. The van der Waals surface area contributed by atoms with Gasteiger partial charge < -0.3 is 32.5 Å². The van der Waals surface area contributed by atoms with E-state index in [-0.39, 0.29) is 31.3 Å². The van der Waals surface area contributed by atoms with Crippen LogP contribution in [0.5, 0.6) is 0 Å². The van der Waals surface area contributed by atoms with E-state index in [4.69, 9.17) is 17.2 Å². The molecule has 0 aromatic rings. The molecule has 0 bridgehead atoms. The van der Waals surface area contributed by atoms with E-state index in [0.29, 0.717) is 37.8 Å². The van der Waals surface area contributed by atoms with E-state index in [1.807, 2.05) is 0 Å². The number of aliphatic imine (C=N–C) groups is 1. The Labute approximate surface area is 176 Å². The number of aliphatic carboxylic acids is 1. The van der Waals surface area contributed by atoms with Crippen LogP contribution in [0, 0.1) is 5.92 Å². The third kappa shape index (κ3) is 4.29. The van der Waals surface area contributed by atoms with Gasteiger partial charge in [-0.05, 0) is 50.9 Å². The number of carboxylic acids is 1. The van der Waals surface area contributed by atoms with Crippen molar-refractivity contribution in [2.45, 2.75) is 81.5 Å². The maximum Gasteiger partial charge on any atom is 0.337 e. The van der Waals surface area contributed by atoms with Gasteiger partial charge in [0.2, 0.25) is 11.4 Å². The van der Waals surface area contributed by atoms with E-state index in [1.54, 1.807) is 0 Å². The Morgan fingerprint density at radius 1 is 1.20 bits per heavy atom. The quantitative estimate of drug-likeness (QED) is 0.147. The van der Waals surface area contributed by atoms with Crippen molar-refractivity contribution in [1.82, 2.24) is 10.2 Å².